The van der Waals surface area contributed by atoms with E-state index in [1.165, 1.54) is 23.9 Å². The Hall–Kier alpha value is -0.960. The minimum Gasteiger partial charge on any atom is -0.507 e. The van der Waals surface area contributed by atoms with Crippen LogP contribution in [0.3, 0.4) is 0 Å². The van der Waals surface area contributed by atoms with Gasteiger partial charge in [-0.05, 0) is 59.2 Å². The summed E-state index contributed by atoms with van der Waals surface area (Å²) < 4.78 is 0.788. The Bertz CT molecular complexity index is 481. The number of thioether (sulfide) groups is 1. The summed E-state index contributed by atoms with van der Waals surface area (Å²) in [4.78, 5) is 23.0. The quantitative estimate of drug-likeness (QED) is 0.641. The molecule has 0 saturated heterocycles. The third-order valence-corrected chi connectivity index (χ3v) is 3.73. The van der Waals surface area contributed by atoms with Gasteiger partial charge >= 0.3 is 5.97 Å². The highest BCUT2D eigenvalue weighted by atomic mass is 127. The maximum absolute atomic E-state index is 12.0. The van der Waals surface area contributed by atoms with Gasteiger partial charge in [0.2, 0.25) is 0 Å². The molecule has 1 amide bonds. The molecular weight excluding hydrogens is 381 g/mol. The number of aliphatic carboxylic acids is 1. The maximum Gasteiger partial charge on any atom is 0.326 e. The summed E-state index contributed by atoms with van der Waals surface area (Å²) in [6.07, 6.45) is 2.21. The molecule has 0 aliphatic carbocycles. The number of carboxylic acid groups (broad SMARTS) is 1. The summed E-state index contributed by atoms with van der Waals surface area (Å²) in [5.74, 6) is -1.18. The predicted molar refractivity (Wildman–Crippen MR) is 82.7 cm³/mol. The van der Waals surface area contributed by atoms with Crippen molar-refractivity contribution in [2.45, 2.75) is 12.5 Å². The second kappa shape index (κ2) is 7.59. The highest BCUT2D eigenvalue weighted by Crippen LogP contribution is 2.19. The Morgan fingerprint density at radius 3 is 2.74 bits per heavy atom. The van der Waals surface area contributed by atoms with E-state index in [9.17, 15) is 14.7 Å². The largest absolute Gasteiger partial charge is 0.507 e. The van der Waals surface area contributed by atoms with Crippen molar-refractivity contribution in [3.63, 3.8) is 0 Å². The van der Waals surface area contributed by atoms with Gasteiger partial charge in [-0.1, -0.05) is 0 Å². The number of aromatic hydroxyl groups is 1. The van der Waals surface area contributed by atoms with E-state index in [0.717, 1.165) is 3.57 Å². The van der Waals surface area contributed by atoms with Crippen LogP contribution in [0.15, 0.2) is 18.2 Å². The van der Waals surface area contributed by atoms with E-state index < -0.39 is 17.9 Å². The predicted octanol–water partition coefficient (Wildman–Crippen LogP) is 1.93. The molecule has 7 heteroatoms. The van der Waals surface area contributed by atoms with Crippen LogP contribution in [0.25, 0.3) is 0 Å². The van der Waals surface area contributed by atoms with Crippen LogP contribution in [-0.2, 0) is 4.79 Å². The number of hydrogen-bond acceptors (Lipinski definition) is 4. The van der Waals surface area contributed by atoms with Crippen molar-refractivity contribution in [2.24, 2.45) is 0 Å². The Kier molecular flexibility index (Phi) is 6.43. The van der Waals surface area contributed by atoms with Gasteiger partial charge in [0.05, 0.1) is 5.56 Å². The van der Waals surface area contributed by atoms with Crippen molar-refractivity contribution in [1.29, 1.82) is 0 Å². The monoisotopic (exact) mass is 395 g/mol. The van der Waals surface area contributed by atoms with E-state index >= 15 is 0 Å². The molecule has 0 spiro atoms. The zero-order valence-electron chi connectivity index (χ0n) is 10.2. The second-order valence-electron chi connectivity index (χ2n) is 3.81. The SMILES string of the molecule is CSCC[C@@H](NC(=O)c1cc(I)ccc1O)C(=O)O. The normalized spacial score (nSPS) is 11.9. The second-order valence-corrected chi connectivity index (χ2v) is 6.04. The molecule has 0 saturated carbocycles. The smallest absolute Gasteiger partial charge is 0.326 e. The lowest BCUT2D eigenvalue weighted by Gasteiger charge is -2.14. The molecule has 0 heterocycles. The van der Waals surface area contributed by atoms with E-state index in [1.54, 1.807) is 6.07 Å². The molecule has 0 unspecified atom stereocenters. The minimum absolute atomic E-state index is 0.0855. The van der Waals surface area contributed by atoms with Gasteiger partial charge in [0, 0.05) is 3.57 Å². The number of hydrogen-bond donors (Lipinski definition) is 3. The molecule has 0 aliphatic rings. The van der Waals surface area contributed by atoms with Crippen LogP contribution in [0.1, 0.15) is 16.8 Å². The maximum atomic E-state index is 12.0. The summed E-state index contributed by atoms with van der Waals surface area (Å²) >= 11 is 3.53. The van der Waals surface area contributed by atoms with E-state index in [2.05, 4.69) is 5.32 Å². The minimum atomic E-state index is -1.08. The Morgan fingerprint density at radius 2 is 2.16 bits per heavy atom. The van der Waals surface area contributed by atoms with Crippen LogP contribution in [-0.4, -0.2) is 40.1 Å². The number of benzene rings is 1. The molecule has 0 radical (unpaired) electrons. The Morgan fingerprint density at radius 1 is 1.47 bits per heavy atom. The lowest BCUT2D eigenvalue weighted by atomic mass is 10.1. The van der Waals surface area contributed by atoms with Crippen LogP contribution < -0.4 is 5.32 Å². The number of carbonyl (C=O) groups excluding carboxylic acids is 1. The van der Waals surface area contributed by atoms with Gasteiger partial charge in [-0.3, -0.25) is 4.79 Å². The van der Waals surface area contributed by atoms with Crippen LogP contribution in [0, 0.1) is 3.57 Å². The van der Waals surface area contributed by atoms with Crippen molar-refractivity contribution in [3.8, 4) is 5.75 Å². The highest BCUT2D eigenvalue weighted by Gasteiger charge is 2.21. The summed E-state index contributed by atoms with van der Waals surface area (Å²) in [6, 6.07) is 3.64. The fraction of sp³-hybridized carbons (Fsp3) is 0.333. The molecular formula is C12H14INO4S. The molecule has 0 fully saturated rings. The molecule has 1 atom stereocenters. The number of carbonyl (C=O) groups is 2. The van der Waals surface area contributed by atoms with Gasteiger partial charge in [0.1, 0.15) is 11.8 Å². The number of rotatable bonds is 6. The molecule has 3 N–H and O–H groups in total. The molecule has 1 aromatic carbocycles. The van der Waals surface area contributed by atoms with Crippen molar-refractivity contribution >= 4 is 46.2 Å². The van der Waals surface area contributed by atoms with Gasteiger partial charge in [-0.2, -0.15) is 11.8 Å². The molecule has 0 aromatic heterocycles. The highest BCUT2D eigenvalue weighted by molar-refractivity contribution is 14.1. The van der Waals surface area contributed by atoms with E-state index in [0.29, 0.717) is 12.2 Å². The van der Waals surface area contributed by atoms with E-state index in [1.807, 2.05) is 28.8 Å². The molecule has 5 nitrogen and oxygen atoms in total. The Labute approximate surface area is 128 Å². The summed E-state index contributed by atoms with van der Waals surface area (Å²) in [7, 11) is 0. The van der Waals surface area contributed by atoms with Crippen LogP contribution in [0.5, 0.6) is 5.75 Å². The number of halogens is 1. The first-order chi connectivity index (χ1) is 8.95. The van der Waals surface area contributed by atoms with Crippen molar-refractivity contribution in [3.05, 3.63) is 27.3 Å². The van der Waals surface area contributed by atoms with Crippen molar-refractivity contribution < 1.29 is 19.8 Å². The van der Waals surface area contributed by atoms with E-state index in [4.69, 9.17) is 5.11 Å². The zero-order valence-corrected chi connectivity index (χ0v) is 13.2. The van der Waals surface area contributed by atoms with Gasteiger partial charge in [-0.15, -0.1) is 0 Å². The van der Waals surface area contributed by atoms with Crippen molar-refractivity contribution in [1.82, 2.24) is 5.32 Å². The number of nitrogens with one attached hydrogen (secondary N) is 1. The topological polar surface area (TPSA) is 86.6 Å². The fourth-order valence-electron chi connectivity index (χ4n) is 1.42. The molecule has 0 aliphatic heterocycles. The lowest BCUT2D eigenvalue weighted by molar-refractivity contribution is -0.139. The van der Waals surface area contributed by atoms with Gasteiger partial charge in [0.25, 0.3) is 5.91 Å². The molecule has 19 heavy (non-hydrogen) atoms. The first-order valence-electron chi connectivity index (χ1n) is 5.46. The van der Waals surface area contributed by atoms with Crippen LogP contribution in [0.2, 0.25) is 0 Å². The van der Waals surface area contributed by atoms with Gasteiger partial charge in [0.15, 0.2) is 0 Å². The zero-order chi connectivity index (χ0) is 14.4. The van der Waals surface area contributed by atoms with Gasteiger partial charge < -0.3 is 15.5 Å². The third-order valence-electron chi connectivity index (χ3n) is 2.42. The summed E-state index contributed by atoms with van der Waals surface area (Å²) in [6.45, 7) is 0. The molecule has 104 valence electrons. The molecule has 0 bridgehead atoms. The Balaban J connectivity index is 2.81. The number of phenols is 1. The average molecular weight is 395 g/mol. The molecule has 1 aromatic rings. The van der Waals surface area contributed by atoms with E-state index in [-0.39, 0.29) is 11.3 Å². The molecule has 1 rings (SSSR count). The number of carboxylic acids is 1. The third kappa shape index (κ3) is 4.90. The standard InChI is InChI=1S/C12H14INO4S/c1-19-5-4-9(12(17)18)14-11(16)8-6-7(13)2-3-10(8)15/h2-3,6,9,15H,4-5H2,1H3,(H,14,16)(H,17,18)/t9-/m1/s1. The van der Waals surface area contributed by atoms with Crippen LogP contribution >= 0.6 is 34.4 Å². The summed E-state index contributed by atoms with van der Waals surface area (Å²) in [5.41, 5.74) is 0.0855. The summed E-state index contributed by atoms with van der Waals surface area (Å²) in [5, 5.41) is 21.1. The van der Waals surface area contributed by atoms with Gasteiger partial charge in [-0.25, -0.2) is 4.79 Å². The number of phenolic OH excluding ortho intramolecular Hbond substituents is 1. The van der Waals surface area contributed by atoms with Crippen molar-refractivity contribution in [2.75, 3.05) is 12.0 Å². The number of amides is 1. The first kappa shape index (κ1) is 16.1. The average Bonchev–Trinajstić information content (AvgIpc) is 2.36. The first-order valence-corrected chi connectivity index (χ1v) is 7.94. The lowest BCUT2D eigenvalue weighted by Crippen LogP contribution is -2.41. The fourth-order valence-corrected chi connectivity index (χ4v) is 2.38. The van der Waals surface area contributed by atoms with Crippen LogP contribution in [0.4, 0.5) is 0 Å².